The highest BCUT2D eigenvalue weighted by Crippen LogP contribution is 2.24. The van der Waals surface area contributed by atoms with E-state index in [4.69, 9.17) is 10.5 Å². The molecule has 19 heavy (non-hydrogen) atoms. The van der Waals surface area contributed by atoms with Crippen molar-refractivity contribution in [2.24, 2.45) is 11.7 Å². The molecule has 0 aliphatic rings. The highest BCUT2D eigenvalue weighted by Gasteiger charge is 2.19. The Bertz CT molecular complexity index is 368. The van der Waals surface area contributed by atoms with Crippen LogP contribution in [0, 0.1) is 5.92 Å². The van der Waals surface area contributed by atoms with Crippen molar-refractivity contribution >= 4 is 0 Å². The van der Waals surface area contributed by atoms with Crippen molar-refractivity contribution in [2.45, 2.75) is 33.2 Å². The molecule has 0 saturated carbocycles. The lowest BCUT2D eigenvalue weighted by molar-refractivity contribution is 0.182. The fourth-order valence-corrected chi connectivity index (χ4v) is 2.35. The average molecular weight is 264 g/mol. The molecule has 2 N–H and O–H groups in total. The average Bonchev–Trinajstić information content (AvgIpc) is 2.46. The van der Waals surface area contributed by atoms with Crippen LogP contribution < -0.4 is 10.5 Å². The number of hydrogen-bond donors (Lipinski definition) is 1. The maximum Gasteiger partial charge on any atom is 0.119 e. The minimum atomic E-state index is 0.272. The molecule has 1 aromatic carbocycles. The normalized spacial score (nSPS) is 14.4. The Kier molecular flexibility index (Phi) is 6.89. The molecule has 0 bridgehead atoms. The molecule has 0 aromatic heterocycles. The van der Waals surface area contributed by atoms with Gasteiger partial charge in [0.15, 0.2) is 0 Å². The van der Waals surface area contributed by atoms with Crippen molar-refractivity contribution in [1.29, 1.82) is 0 Å². The molecule has 2 atom stereocenters. The van der Waals surface area contributed by atoms with Gasteiger partial charge in [-0.05, 0) is 30.2 Å². The van der Waals surface area contributed by atoms with Crippen molar-refractivity contribution in [3.8, 4) is 5.75 Å². The zero-order chi connectivity index (χ0) is 14.3. The highest BCUT2D eigenvalue weighted by molar-refractivity contribution is 5.30. The summed E-state index contributed by atoms with van der Waals surface area (Å²) in [5.41, 5.74) is 7.25. The predicted octanol–water partition coefficient (Wildman–Crippen LogP) is 3.06. The van der Waals surface area contributed by atoms with Crippen LogP contribution in [0.15, 0.2) is 24.3 Å². The number of benzene rings is 1. The maximum absolute atomic E-state index is 6.01. The number of rotatable bonds is 8. The van der Waals surface area contributed by atoms with Gasteiger partial charge in [0.25, 0.3) is 0 Å². The van der Waals surface area contributed by atoms with E-state index in [0.717, 1.165) is 18.8 Å². The third-order valence-corrected chi connectivity index (χ3v) is 3.79. The summed E-state index contributed by atoms with van der Waals surface area (Å²) < 4.78 is 5.31. The summed E-state index contributed by atoms with van der Waals surface area (Å²) in [7, 11) is 1.70. The molecule has 3 heteroatoms. The molecule has 0 saturated heterocycles. The smallest absolute Gasteiger partial charge is 0.119 e. The number of ether oxygens (including phenoxy) is 1. The fourth-order valence-electron chi connectivity index (χ4n) is 2.35. The summed E-state index contributed by atoms with van der Waals surface area (Å²) in [6.45, 7) is 9.47. The van der Waals surface area contributed by atoms with Crippen molar-refractivity contribution in [2.75, 3.05) is 26.7 Å². The Morgan fingerprint density at radius 1 is 1.32 bits per heavy atom. The number of likely N-dealkylation sites (N-methyl/N-ethyl adjacent to an activating group) is 1. The van der Waals surface area contributed by atoms with Gasteiger partial charge in [0.1, 0.15) is 5.75 Å². The van der Waals surface area contributed by atoms with Gasteiger partial charge in [0, 0.05) is 19.1 Å². The van der Waals surface area contributed by atoms with E-state index >= 15 is 0 Å². The van der Waals surface area contributed by atoms with Gasteiger partial charge in [-0.15, -0.1) is 0 Å². The summed E-state index contributed by atoms with van der Waals surface area (Å²) in [5, 5.41) is 0. The van der Waals surface area contributed by atoms with Gasteiger partial charge in [0.05, 0.1) is 7.11 Å². The van der Waals surface area contributed by atoms with Gasteiger partial charge in [-0.1, -0.05) is 39.3 Å². The molecule has 1 rings (SSSR count). The van der Waals surface area contributed by atoms with Gasteiger partial charge < -0.3 is 10.5 Å². The van der Waals surface area contributed by atoms with Crippen LogP contribution in [0.4, 0.5) is 0 Å². The van der Waals surface area contributed by atoms with Gasteiger partial charge in [-0.25, -0.2) is 0 Å². The van der Waals surface area contributed by atoms with Gasteiger partial charge in [0.2, 0.25) is 0 Å². The van der Waals surface area contributed by atoms with Gasteiger partial charge in [-0.3, -0.25) is 4.90 Å². The van der Waals surface area contributed by atoms with E-state index in [2.05, 4.69) is 37.8 Å². The van der Waals surface area contributed by atoms with E-state index in [9.17, 15) is 0 Å². The standard InChI is InChI=1S/C16H28N2O/c1-5-13(3)12-18(6-2)16(11-17)14-8-7-9-15(10-14)19-4/h7-10,13,16H,5-6,11-12,17H2,1-4H3. The number of nitrogens with zero attached hydrogens (tertiary/aromatic N) is 1. The first-order valence-corrected chi connectivity index (χ1v) is 7.24. The first-order valence-electron chi connectivity index (χ1n) is 7.24. The van der Waals surface area contributed by atoms with Crippen LogP contribution in [0.2, 0.25) is 0 Å². The molecular formula is C16H28N2O. The van der Waals surface area contributed by atoms with Crippen molar-refractivity contribution in [1.82, 2.24) is 4.90 Å². The second-order valence-electron chi connectivity index (χ2n) is 5.13. The lowest BCUT2D eigenvalue weighted by Crippen LogP contribution is -2.36. The monoisotopic (exact) mass is 264 g/mol. The topological polar surface area (TPSA) is 38.5 Å². The van der Waals surface area contributed by atoms with Gasteiger partial charge >= 0.3 is 0 Å². The van der Waals surface area contributed by atoms with Crippen molar-refractivity contribution in [3.63, 3.8) is 0 Å². The van der Waals surface area contributed by atoms with Crippen molar-refractivity contribution in [3.05, 3.63) is 29.8 Å². The number of nitrogens with two attached hydrogens (primary N) is 1. The summed E-state index contributed by atoms with van der Waals surface area (Å²) in [6, 6.07) is 8.51. The Hall–Kier alpha value is -1.06. The predicted molar refractivity (Wildman–Crippen MR) is 81.5 cm³/mol. The maximum atomic E-state index is 6.01. The van der Waals surface area contributed by atoms with Crippen LogP contribution in [0.3, 0.4) is 0 Å². The zero-order valence-electron chi connectivity index (χ0n) is 12.7. The number of methoxy groups -OCH3 is 1. The van der Waals surface area contributed by atoms with Crippen LogP contribution in [0.5, 0.6) is 5.75 Å². The molecular weight excluding hydrogens is 236 g/mol. The largest absolute Gasteiger partial charge is 0.497 e. The molecule has 3 nitrogen and oxygen atoms in total. The van der Waals surface area contributed by atoms with Crippen LogP contribution in [0.1, 0.15) is 38.8 Å². The Labute approximate surface area is 117 Å². The lowest BCUT2D eigenvalue weighted by Gasteiger charge is -2.32. The third-order valence-electron chi connectivity index (χ3n) is 3.79. The molecule has 1 aromatic rings. The third kappa shape index (κ3) is 4.51. The molecule has 108 valence electrons. The quantitative estimate of drug-likeness (QED) is 0.784. The van der Waals surface area contributed by atoms with Crippen LogP contribution in [-0.4, -0.2) is 31.6 Å². The highest BCUT2D eigenvalue weighted by atomic mass is 16.5. The molecule has 0 heterocycles. The van der Waals surface area contributed by atoms with Crippen LogP contribution in [0.25, 0.3) is 0 Å². The van der Waals surface area contributed by atoms with E-state index in [1.54, 1.807) is 7.11 Å². The Morgan fingerprint density at radius 2 is 2.05 bits per heavy atom. The summed E-state index contributed by atoms with van der Waals surface area (Å²) in [5.74, 6) is 1.59. The second-order valence-corrected chi connectivity index (χ2v) is 5.13. The molecule has 0 aliphatic carbocycles. The van der Waals surface area contributed by atoms with E-state index in [0.29, 0.717) is 12.5 Å². The number of hydrogen-bond acceptors (Lipinski definition) is 3. The van der Waals surface area contributed by atoms with Crippen molar-refractivity contribution < 1.29 is 4.74 Å². The second kappa shape index (κ2) is 8.18. The van der Waals surface area contributed by atoms with E-state index < -0.39 is 0 Å². The van der Waals surface area contributed by atoms with Gasteiger partial charge in [-0.2, -0.15) is 0 Å². The Balaban J connectivity index is 2.89. The molecule has 0 amide bonds. The molecule has 2 unspecified atom stereocenters. The first kappa shape index (κ1) is 16.0. The zero-order valence-corrected chi connectivity index (χ0v) is 12.7. The summed E-state index contributed by atoms with van der Waals surface area (Å²) in [4.78, 5) is 2.46. The summed E-state index contributed by atoms with van der Waals surface area (Å²) >= 11 is 0. The minimum Gasteiger partial charge on any atom is -0.497 e. The molecule has 0 aliphatic heterocycles. The van der Waals surface area contributed by atoms with E-state index in [-0.39, 0.29) is 6.04 Å². The van der Waals surface area contributed by atoms with Crippen LogP contribution >= 0.6 is 0 Å². The molecule has 0 radical (unpaired) electrons. The van der Waals surface area contributed by atoms with E-state index in [1.807, 2.05) is 12.1 Å². The molecule has 0 fully saturated rings. The SMILES string of the molecule is CCC(C)CN(CC)C(CN)c1cccc(OC)c1. The molecule has 0 spiro atoms. The lowest BCUT2D eigenvalue weighted by atomic mass is 10.0. The fraction of sp³-hybridized carbons (Fsp3) is 0.625. The summed E-state index contributed by atoms with van der Waals surface area (Å²) in [6.07, 6.45) is 1.20. The minimum absolute atomic E-state index is 0.272. The Morgan fingerprint density at radius 3 is 2.58 bits per heavy atom. The first-order chi connectivity index (χ1) is 9.15. The van der Waals surface area contributed by atoms with Crippen LogP contribution in [-0.2, 0) is 0 Å². The van der Waals surface area contributed by atoms with E-state index in [1.165, 1.54) is 12.0 Å².